The summed E-state index contributed by atoms with van der Waals surface area (Å²) in [7, 11) is 4.12. The van der Waals surface area contributed by atoms with Gasteiger partial charge in [-0.3, -0.25) is 14.4 Å². The zero-order valence-corrected chi connectivity index (χ0v) is 23.7. The van der Waals surface area contributed by atoms with Crippen molar-refractivity contribution in [2.75, 3.05) is 27.3 Å². The molecule has 3 aliphatic carbocycles. The predicted octanol–water partition coefficient (Wildman–Crippen LogP) is 1.24. The normalized spacial score (nSPS) is 30.0. The van der Waals surface area contributed by atoms with E-state index >= 15 is 0 Å². The van der Waals surface area contributed by atoms with Crippen molar-refractivity contribution in [1.29, 1.82) is 0 Å². The topological polar surface area (TPSA) is 181 Å². The smallest absolute Gasteiger partial charge is 0.290 e. The summed E-state index contributed by atoms with van der Waals surface area (Å²) in [6.45, 7) is 1.75. The van der Waals surface area contributed by atoms with E-state index < -0.39 is 0 Å². The highest BCUT2D eigenvalue weighted by atomic mass is 16.5. The maximum absolute atomic E-state index is 10.1. The second kappa shape index (κ2) is 25.5. The van der Waals surface area contributed by atoms with Gasteiger partial charge in [-0.15, -0.1) is 0 Å². The SMILES string of the molecule is C1CCOC1.CNC1CCC(NC)CC1.NC1CCC(N)CC1.O=CNC1CCC(NC=O)CC1.O=CO. The summed E-state index contributed by atoms with van der Waals surface area (Å²) in [5.74, 6) is 0. The molecule has 0 atom stereocenters. The second-order valence-corrected chi connectivity index (χ2v) is 10.3. The summed E-state index contributed by atoms with van der Waals surface area (Å²) >= 11 is 0. The van der Waals surface area contributed by atoms with Crippen LogP contribution in [0.5, 0.6) is 0 Å². The molecule has 9 N–H and O–H groups in total. The van der Waals surface area contributed by atoms with E-state index in [1.54, 1.807) is 0 Å². The average Bonchev–Trinajstić information content (AvgIpc) is 3.54. The first-order valence-corrected chi connectivity index (χ1v) is 14.3. The minimum Gasteiger partial charge on any atom is -0.483 e. The van der Waals surface area contributed by atoms with Gasteiger partial charge in [-0.05, 0) is 104 Å². The Morgan fingerprint density at radius 3 is 1.11 bits per heavy atom. The molecule has 4 fully saturated rings. The van der Waals surface area contributed by atoms with Gasteiger partial charge < -0.3 is 42.6 Å². The van der Waals surface area contributed by atoms with E-state index in [1.807, 2.05) is 0 Å². The number of carbonyl (C=O) groups is 3. The minimum absolute atomic E-state index is 0.250. The third kappa shape index (κ3) is 20.2. The molecule has 0 radical (unpaired) electrons. The Bertz CT molecular complexity index is 498. The summed E-state index contributed by atoms with van der Waals surface area (Å²) < 4.78 is 4.94. The third-order valence-corrected chi connectivity index (χ3v) is 7.52. The predicted molar refractivity (Wildman–Crippen MR) is 152 cm³/mol. The van der Waals surface area contributed by atoms with E-state index in [1.165, 1.54) is 38.5 Å². The standard InChI is InChI=1S/C8H14N2O2.C8H18N2.C6H14N2.C4H8O.CH2O2/c11-5-9-7-1-2-8(4-3-7)10-6-12;1-9-7-3-5-8(10-2)6-4-7;7-5-1-2-6(8)4-3-5;1-2-4-5-3-1;2-1-3/h5-8H,1-4H2,(H,9,11)(H,10,12);7-10H,3-6H2,1-2H3;5-6H,1-4,7-8H2;1-4H2;1H,(H,2,3). The van der Waals surface area contributed by atoms with Gasteiger partial charge in [0.2, 0.25) is 12.8 Å². The molecule has 1 aliphatic heterocycles. The largest absolute Gasteiger partial charge is 0.483 e. The summed E-state index contributed by atoms with van der Waals surface area (Å²) in [5, 5.41) is 19.0. The van der Waals surface area contributed by atoms with Gasteiger partial charge in [-0.1, -0.05) is 0 Å². The number of hydrogen-bond acceptors (Lipinski definition) is 8. The number of hydrogen-bond donors (Lipinski definition) is 7. The minimum atomic E-state index is -0.250. The molecule has 2 amide bonds. The molecule has 4 aliphatic rings. The molecule has 0 spiro atoms. The van der Waals surface area contributed by atoms with E-state index in [0.717, 1.165) is 89.5 Å². The van der Waals surface area contributed by atoms with Crippen molar-refractivity contribution in [3.05, 3.63) is 0 Å². The lowest BCUT2D eigenvalue weighted by atomic mass is 9.91. The monoisotopic (exact) mass is 544 g/mol. The molecule has 1 heterocycles. The van der Waals surface area contributed by atoms with Crippen LogP contribution in [0.3, 0.4) is 0 Å². The van der Waals surface area contributed by atoms with Crippen LogP contribution in [0.1, 0.15) is 89.9 Å². The number of carbonyl (C=O) groups excluding carboxylic acids is 2. The van der Waals surface area contributed by atoms with Gasteiger partial charge in [0.05, 0.1) is 0 Å². The molecule has 0 bridgehead atoms. The maximum atomic E-state index is 10.1. The van der Waals surface area contributed by atoms with Crippen LogP contribution in [0.25, 0.3) is 0 Å². The lowest BCUT2D eigenvalue weighted by molar-refractivity contribution is -0.123. The molecule has 0 unspecified atom stereocenters. The first-order valence-electron chi connectivity index (χ1n) is 14.3. The van der Waals surface area contributed by atoms with Crippen LogP contribution in [0, 0.1) is 0 Å². The highest BCUT2D eigenvalue weighted by Crippen LogP contribution is 2.18. The van der Waals surface area contributed by atoms with Crippen molar-refractivity contribution >= 4 is 19.3 Å². The van der Waals surface area contributed by atoms with Gasteiger partial charge in [0.15, 0.2) is 0 Å². The fraction of sp³-hybridized carbons (Fsp3) is 0.889. The van der Waals surface area contributed by atoms with E-state index in [9.17, 15) is 9.59 Å². The average molecular weight is 545 g/mol. The van der Waals surface area contributed by atoms with Crippen molar-refractivity contribution in [2.24, 2.45) is 11.5 Å². The highest BCUT2D eigenvalue weighted by Gasteiger charge is 2.19. The summed E-state index contributed by atoms with van der Waals surface area (Å²) in [5.41, 5.74) is 11.3. The molecule has 11 heteroatoms. The van der Waals surface area contributed by atoms with E-state index in [0.29, 0.717) is 24.2 Å². The molecule has 0 aromatic rings. The Morgan fingerprint density at radius 1 is 0.605 bits per heavy atom. The maximum Gasteiger partial charge on any atom is 0.290 e. The van der Waals surface area contributed by atoms with Crippen molar-refractivity contribution in [1.82, 2.24) is 21.3 Å². The van der Waals surface area contributed by atoms with Crippen LogP contribution in [-0.4, -0.2) is 88.0 Å². The van der Waals surface area contributed by atoms with E-state index in [-0.39, 0.29) is 6.47 Å². The number of rotatable bonds is 6. The Kier molecular flexibility index (Phi) is 24.3. The number of nitrogens with two attached hydrogens (primary N) is 2. The van der Waals surface area contributed by atoms with E-state index in [2.05, 4.69) is 35.4 Å². The van der Waals surface area contributed by atoms with Crippen molar-refractivity contribution in [3.63, 3.8) is 0 Å². The summed E-state index contributed by atoms with van der Waals surface area (Å²) in [6, 6.07) is 3.07. The van der Waals surface area contributed by atoms with Crippen molar-refractivity contribution < 1.29 is 24.2 Å². The summed E-state index contributed by atoms with van der Waals surface area (Å²) in [6.07, 6.45) is 17.7. The molecule has 3 saturated carbocycles. The molecule has 224 valence electrons. The molecule has 4 rings (SSSR count). The van der Waals surface area contributed by atoms with Gasteiger partial charge >= 0.3 is 0 Å². The fourth-order valence-electron chi connectivity index (χ4n) is 4.95. The number of carboxylic acid groups (broad SMARTS) is 1. The highest BCUT2D eigenvalue weighted by molar-refractivity contribution is 5.47. The van der Waals surface area contributed by atoms with Crippen LogP contribution in [-0.2, 0) is 19.1 Å². The zero-order valence-electron chi connectivity index (χ0n) is 23.7. The van der Waals surface area contributed by atoms with Crippen LogP contribution >= 0.6 is 0 Å². The zero-order chi connectivity index (χ0) is 28.4. The summed E-state index contributed by atoms with van der Waals surface area (Å²) in [4.78, 5) is 28.6. The van der Waals surface area contributed by atoms with Crippen molar-refractivity contribution in [2.45, 2.75) is 126 Å². The molecule has 11 nitrogen and oxygen atoms in total. The Balaban J connectivity index is 0.000000479. The van der Waals surface area contributed by atoms with Crippen molar-refractivity contribution in [3.8, 4) is 0 Å². The lowest BCUT2D eigenvalue weighted by Crippen LogP contribution is -2.38. The van der Waals surface area contributed by atoms with E-state index in [4.69, 9.17) is 26.1 Å². The molecule has 38 heavy (non-hydrogen) atoms. The quantitative estimate of drug-likeness (QED) is 0.242. The Morgan fingerprint density at radius 2 is 0.895 bits per heavy atom. The second-order valence-electron chi connectivity index (χ2n) is 10.3. The number of nitrogens with one attached hydrogen (secondary N) is 4. The molecule has 0 aromatic heterocycles. The Labute approximate surface area is 229 Å². The first-order chi connectivity index (χ1) is 18.4. The van der Waals surface area contributed by atoms with Gasteiger partial charge in [0.25, 0.3) is 6.47 Å². The fourth-order valence-corrected chi connectivity index (χ4v) is 4.95. The third-order valence-electron chi connectivity index (χ3n) is 7.52. The Hall–Kier alpha value is -1.79. The van der Waals surface area contributed by atoms with Crippen LogP contribution in [0.15, 0.2) is 0 Å². The van der Waals surface area contributed by atoms with Gasteiger partial charge in [0.1, 0.15) is 0 Å². The van der Waals surface area contributed by atoms with Crippen LogP contribution < -0.4 is 32.7 Å². The first kappa shape index (κ1) is 36.2. The van der Waals surface area contributed by atoms with Gasteiger partial charge in [0, 0.05) is 49.5 Å². The van der Waals surface area contributed by atoms with Crippen LogP contribution in [0.2, 0.25) is 0 Å². The number of ether oxygens (including phenoxy) is 1. The molecular weight excluding hydrogens is 488 g/mol. The van der Waals surface area contributed by atoms with Gasteiger partial charge in [-0.2, -0.15) is 0 Å². The van der Waals surface area contributed by atoms with Gasteiger partial charge in [-0.25, -0.2) is 0 Å². The molecular formula is C27H56N6O5. The number of amides is 2. The van der Waals surface area contributed by atoms with Crippen LogP contribution in [0.4, 0.5) is 0 Å². The molecule has 1 saturated heterocycles. The molecule has 0 aromatic carbocycles. The lowest BCUT2D eigenvalue weighted by Gasteiger charge is -2.27.